The molecule has 1 aromatic rings. The van der Waals surface area contributed by atoms with Crippen molar-refractivity contribution in [3.8, 4) is 5.75 Å². The van der Waals surface area contributed by atoms with E-state index in [1.165, 1.54) is 12.1 Å². The predicted octanol–water partition coefficient (Wildman–Crippen LogP) is 1.53. The van der Waals surface area contributed by atoms with E-state index in [9.17, 15) is 15.2 Å². The fourth-order valence-electron chi connectivity index (χ4n) is 2.17. The Labute approximate surface area is 96.9 Å². The van der Waals surface area contributed by atoms with Crippen molar-refractivity contribution in [2.24, 2.45) is 0 Å². The number of ether oxygens (including phenoxy) is 2. The van der Waals surface area contributed by atoms with Crippen molar-refractivity contribution in [3.63, 3.8) is 0 Å². The number of epoxide rings is 1. The average molecular weight is 237 g/mol. The van der Waals surface area contributed by atoms with Crippen LogP contribution in [0.15, 0.2) is 18.2 Å². The zero-order valence-corrected chi connectivity index (χ0v) is 9.34. The third-order valence-corrected chi connectivity index (χ3v) is 3.31. The highest BCUT2D eigenvalue weighted by Gasteiger charge is 2.70. The molecule has 17 heavy (non-hydrogen) atoms. The molecule has 2 atom stereocenters. The number of aliphatic hydroxyl groups is 1. The van der Waals surface area contributed by atoms with Crippen molar-refractivity contribution in [2.75, 3.05) is 0 Å². The van der Waals surface area contributed by atoms with Gasteiger partial charge < -0.3 is 14.6 Å². The van der Waals surface area contributed by atoms with Crippen LogP contribution in [0.1, 0.15) is 25.5 Å². The van der Waals surface area contributed by atoms with Gasteiger partial charge in [0, 0.05) is 11.6 Å². The Bertz CT molecular complexity index is 527. The van der Waals surface area contributed by atoms with Crippen LogP contribution >= 0.6 is 0 Å². The first-order valence-electron chi connectivity index (χ1n) is 5.23. The summed E-state index contributed by atoms with van der Waals surface area (Å²) in [5, 5.41) is 20.8. The average Bonchev–Trinajstić information content (AvgIpc) is 2.91. The van der Waals surface area contributed by atoms with Crippen LogP contribution < -0.4 is 4.74 Å². The number of nitro benzene ring substituents is 1. The van der Waals surface area contributed by atoms with Gasteiger partial charge in [-0.2, -0.15) is 0 Å². The van der Waals surface area contributed by atoms with Gasteiger partial charge in [0.05, 0.1) is 11.0 Å². The summed E-state index contributed by atoms with van der Waals surface area (Å²) in [4.78, 5) is 10.2. The zero-order valence-electron chi connectivity index (χ0n) is 9.34. The summed E-state index contributed by atoms with van der Waals surface area (Å²) in [6.07, 6.45) is -0.456. The number of nitro groups is 1. The van der Waals surface area contributed by atoms with Gasteiger partial charge >= 0.3 is 0 Å². The summed E-state index contributed by atoms with van der Waals surface area (Å²) >= 11 is 0. The van der Waals surface area contributed by atoms with Gasteiger partial charge in [-0.05, 0) is 19.9 Å². The molecule has 1 saturated heterocycles. The predicted molar refractivity (Wildman–Crippen MR) is 56.6 cm³/mol. The second kappa shape index (κ2) is 2.77. The monoisotopic (exact) mass is 237 g/mol. The second-order valence-electron chi connectivity index (χ2n) is 4.79. The minimum atomic E-state index is -1.32. The van der Waals surface area contributed by atoms with E-state index < -0.39 is 22.4 Å². The first-order valence-corrected chi connectivity index (χ1v) is 5.23. The van der Waals surface area contributed by atoms with E-state index in [-0.39, 0.29) is 5.69 Å². The van der Waals surface area contributed by atoms with Crippen molar-refractivity contribution in [2.45, 2.75) is 31.3 Å². The molecule has 1 unspecified atom stereocenters. The van der Waals surface area contributed by atoms with Gasteiger partial charge in [-0.1, -0.05) is 0 Å². The molecule has 0 spiro atoms. The molecule has 1 aromatic carbocycles. The zero-order chi connectivity index (χ0) is 12.4. The fraction of sp³-hybridized carbons (Fsp3) is 0.455. The highest BCUT2D eigenvalue weighted by atomic mass is 16.8. The van der Waals surface area contributed by atoms with Crippen molar-refractivity contribution in [3.05, 3.63) is 33.9 Å². The molecular formula is C11H11NO5. The van der Waals surface area contributed by atoms with Crippen LogP contribution in [0.3, 0.4) is 0 Å². The molecule has 0 aromatic heterocycles. The van der Waals surface area contributed by atoms with Crippen molar-refractivity contribution >= 4 is 5.69 Å². The minimum absolute atomic E-state index is 0.0364. The quantitative estimate of drug-likeness (QED) is 0.454. The van der Waals surface area contributed by atoms with Gasteiger partial charge in [-0.3, -0.25) is 10.1 Å². The normalized spacial score (nSPS) is 32.1. The van der Waals surface area contributed by atoms with Crippen LogP contribution in [0.4, 0.5) is 5.69 Å². The third-order valence-electron chi connectivity index (χ3n) is 3.31. The lowest BCUT2D eigenvalue weighted by Gasteiger charge is -2.33. The van der Waals surface area contributed by atoms with Gasteiger partial charge in [-0.15, -0.1) is 0 Å². The van der Waals surface area contributed by atoms with E-state index in [1.807, 2.05) is 0 Å². The summed E-state index contributed by atoms with van der Waals surface area (Å²) in [5.74, 6) is -0.924. The van der Waals surface area contributed by atoms with Crippen molar-refractivity contribution in [1.82, 2.24) is 0 Å². The third kappa shape index (κ3) is 1.22. The molecule has 0 bridgehead atoms. The molecular weight excluding hydrogens is 226 g/mol. The second-order valence-corrected chi connectivity index (χ2v) is 4.79. The van der Waals surface area contributed by atoms with Crippen LogP contribution in [0, 0.1) is 10.1 Å². The number of hydrogen-bond donors (Lipinski definition) is 1. The van der Waals surface area contributed by atoms with E-state index in [2.05, 4.69) is 0 Å². The van der Waals surface area contributed by atoms with E-state index in [0.29, 0.717) is 11.3 Å². The molecule has 90 valence electrons. The van der Waals surface area contributed by atoms with E-state index in [1.54, 1.807) is 19.9 Å². The van der Waals surface area contributed by atoms with Crippen LogP contribution in [0.5, 0.6) is 5.75 Å². The fourth-order valence-corrected chi connectivity index (χ4v) is 2.17. The topological polar surface area (TPSA) is 85.1 Å². The molecule has 2 heterocycles. The molecule has 1 fully saturated rings. The number of non-ortho nitro benzene ring substituents is 1. The lowest BCUT2D eigenvalue weighted by Crippen LogP contribution is -2.47. The Morgan fingerprint density at radius 1 is 1.47 bits per heavy atom. The molecule has 0 aliphatic carbocycles. The van der Waals surface area contributed by atoms with Crippen LogP contribution in [-0.2, 0) is 4.74 Å². The molecule has 2 aliphatic rings. The first kappa shape index (κ1) is 10.5. The molecule has 6 nitrogen and oxygen atoms in total. The lowest BCUT2D eigenvalue weighted by molar-refractivity contribution is -0.385. The Kier molecular flexibility index (Phi) is 1.71. The summed E-state index contributed by atoms with van der Waals surface area (Å²) in [6.45, 7) is 3.38. The number of rotatable bonds is 1. The lowest BCUT2D eigenvalue weighted by atomic mass is 9.91. The molecule has 0 amide bonds. The molecule has 0 radical (unpaired) electrons. The Morgan fingerprint density at radius 2 is 2.18 bits per heavy atom. The Balaban J connectivity index is 2.10. The smallest absolute Gasteiger partial charge is 0.273 e. The minimum Gasteiger partial charge on any atom is -0.481 e. The molecule has 0 saturated carbocycles. The van der Waals surface area contributed by atoms with Crippen LogP contribution in [0.25, 0.3) is 0 Å². The van der Waals surface area contributed by atoms with Gasteiger partial charge in [0.2, 0.25) is 5.79 Å². The Morgan fingerprint density at radius 3 is 2.82 bits per heavy atom. The highest BCUT2D eigenvalue weighted by molar-refractivity contribution is 5.50. The number of benzene rings is 1. The molecule has 2 aliphatic heterocycles. The van der Waals surface area contributed by atoms with E-state index in [0.717, 1.165) is 0 Å². The van der Waals surface area contributed by atoms with Gasteiger partial charge in [0.1, 0.15) is 11.9 Å². The molecule has 1 N–H and O–H groups in total. The number of hydrogen-bond acceptors (Lipinski definition) is 5. The Hall–Kier alpha value is -1.66. The molecule has 6 heteroatoms. The van der Waals surface area contributed by atoms with Gasteiger partial charge in [-0.25, -0.2) is 0 Å². The summed E-state index contributed by atoms with van der Waals surface area (Å²) in [5.41, 5.74) is -0.303. The summed E-state index contributed by atoms with van der Waals surface area (Å²) < 4.78 is 10.9. The first-order chi connectivity index (χ1) is 7.85. The van der Waals surface area contributed by atoms with E-state index in [4.69, 9.17) is 9.47 Å². The van der Waals surface area contributed by atoms with Gasteiger partial charge in [0.15, 0.2) is 5.60 Å². The number of nitrogens with zero attached hydrogens (tertiary/aromatic N) is 1. The van der Waals surface area contributed by atoms with Crippen molar-refractivity contribution < 1.29 is 19.5 Å². The van der Waals surface area contributed by atoms with Crippen molar-refractivity contribution in [1.29, 1.82) is 0 Å². The number of fused-ring (bicyclic) bond motifs is 3. The van der Waals surface area contributed by atoms with Crippen LogP contribution in [0.2, 0.25) is 0 Å². The maximum absolute atomic E-state index is 10.7. The summed E-state index contributed by atoms with van der Waals surface area (Å²) in [7, 11) is 0. The highest BCUT2D eigenvalue weighted by Crippen LogP contribution is 2.60. The molecule has 3 rings (SSSR count). The van der Waals surface area contributed by atoms with Gasteiger partial charge in [0.25, 0.3) is 5.69 Å². The largest absolute Gasteiger partial charge is 0.481 e. The maximum atomic E-state index is 10.7. The SMILES string of the molecule is CC1(C)Oc2cc([N+](=O)[O-])ccc2[C@H]2OC21O. The summed E-state index contributed by atoms with van der Waals surface area (Å²) in [6, 6.07) is 4.30. The standard InChI is InChI=1S/C11H11NO5/c1-10(2)11(13)9(17-11)7-4-3-6(12(14)15)5-8(7)16-10/h3-5,9,13H,1-2H3/t9-,11?/m1/s1. The van der Waals surface area contributed by atoms with E-state index >= 15 is 0 Å². The van der Waals surface area contributed by atoms with Crippen LogP contribution in [-0.4, -0.2) is 21.4 Å². The maximum Gasteiger partial charge on any atom is 0.273 e.